The van der Waals surface area contributed by atoms with Crippen LogP contribution in [-0.4, -0.2) is 25.7 Å². The maximum Gasteiger partial charge on any atom is 0.216 e. The van der Waals surface area contributed by atoms with Crippen LogP contribution in [0.2, 0.25) is 0 Å². The van der Waals surface area contributed by atoms with Crippen LogP contribution in [0.3, 0.4) is 0 Å². The van der Waals surface area contributed by atoms with Crippen molar-refractivity contribution in [3.05, 3.63) is 6.92 Å². The summed E-state index contributed by atoms with van der Waals surface area (Å²) in [5, 5.41) is 2.59. The smallest absolute Gasteiger partial charge is 0.216 e. The predicted molar refractivity (Wildman–Crippen MR) is 34.9 cm³/mol. The van der Waals surface area contributed by atoms with Gasteiger partial charge in [-0.15, -0.1) is 0 Å². The van der Waals surface area contributed by atoms with E-state index in [0.717, 1.165) is 0 Å². The van der Waals surface area contributed by atoms with E-state index in [9.17, 15) is 4.79 Å². The summed E-state index contributed by atoms with van der Waals surface area (Å²) in [4.78, 5) is 10.2. The molecule has 0 fully saturated rings. The molecule has 0 aromatic carbocycles. The fourth-order valence-corrected chi connectivity index (χ4v) is 0.401. The number of hydrogen-bond acceptors (Lipinski definition) is 2. The van der Waals surface area contributed by atoms with Gasteiger partial charge in [0.1, 0.15) is 0 Å². The number of carbonyl (C=O) groups excluding carboxylic acids is 1. The SMILES string of the molecule is [CH2]COCCNC(C)=O. The Morgan fingerprint density at radius 1 is 1.78 bits per heavy atom. The normalized spacial score (nSPS) is 9.11. The molecule has 0 aromatic rings. The molecular weight excluding hydrogens is 118 g/mol. The van der Waals surface area contributed by atoms with Crippen molar-refractivity contribution >= 4 is 5.91 Å². The lowest BCUT2D eigenvalue weighted by Crippen LogP contribution is -2.24. The third-order valence-corrected chi connectivity index (χ3v) is 0.765. The molecule has 3 heteroatoms. The summed E-state index contributed by atoms with van der Waals surface area (Å²) in [5.74, 6) is -0.0253. The van der Waals surface area contributed by atoms with Crippen molar-refractivity contribution in [1.29, 1.82) is 0 Å². The Balaban J connectivity index is 2.83. The quantitative estimate of drug-likeness (QED) is 0.543. The number of ether oxygens (including phenoxy) is 1. The second-order valence-electron chi connectivity index (χ2n) is 1.60. The number of hydrogen-bond donors (Lipinski definition) is 1. The molecule has 0 aliphatic carbocycles. The molecular formula is C6H12NO2. The van der Waals surface area contributed by atoms with Crippen LogP contribution in [0.5, 0.6) is 0 Å². The van der Waals surface area contributed by atoms with E-state index < -0.39 is 0 Å². The molecule has 0 saturated heterocycles. The summed E-state index contributed by atoms with van der Waals surface area (Å²) in [6.45, 7) is 6.52. The highest BCUT2D eigenvalue weighted by Crippen LogP contribution is 1.69. The molecule has 1 N–H and O–H groups in total. The molecule has 9 heavy (non-hydrogen) atoms. The zero-order valence-electron chi connectivity index (χ0n) is 5.64. The van der Waals surface area contributed by atoms with Crippen molar-refractivity contribution in [2.75, 3.05) is 19.8 Å². The number of amides is 1. The van der Waals surface area contributed by atoms with Crippen LogP contribution in [-0.2, 0) is 9.53 Å². The first-order valence-corrected chi connectivity index (χ1v) is 2.89. The number of rotatable bonds is 4. The van der Waals surface area contributed by atoms with Crippen molar-refractivity contribution in [1.82, 2.24) is 5.32 Å². The van der Waals surface area contributed by atoms with Gasteiger partial charge in [0.25, 0.3) is 0 Å². The average molecular weight is 130 g/mol. The van der Waals surface area contributed by atoms with Crippen LogP contribution < -0.4 is 5.32 Å². The molecule has 1 radical (unpaired) electrons. The van der Waals surface area contributed by atoms with Gasteiger partial charge in [-0.3, -0.25) is 4.79 Å². The molecule has 0 heterocycles. The molecule has 0 aliphatic heterocycles. The number of nitrogens with one attached hydrogen (secondary N) is 1. The summed E-state index contributed by atoms with van der Waals surface area (Å²) in [5.41, 5.74) is 0. The molecule has 0 saturated carbocycles. The van der Waals surface area contributed by atoms with Crippen molar-refractivity contribution in [2.45, 2.75) is 6.92 Å². The van der Waals surface area contributed by atoms with Gasteiger partial charge < -0.3 is 10.1 Å². The molecule has 0 spiro atoms. The molecule has 0 unspecified atom stereocenters. The first-order chi connectivity index (χ1) is 4.27. The summed E-state index contributed by atoms with van der Waals surface area (Å²) >= 11 is 0. The van der Waals surface area contributed by atoms with E-state index in [1.54, 1.807) is 0 Å². The van der Waals surface area contributed by atoms with Crippen LogP contribution in [0.1, 0.15) is 6.92 Å². The number of carbonyl (C=O) groups is 1. The molecule has 0 atom stereocenters. The van der Waals surface area contributed by atoms with E-state index in [0.29, 0.717) is 19.8 Å². The van der Waals surface area contributed by atoms with Crippen LogP contribution in [0.4, 0.5) is 0 Å². The third-order valence-electron chi connectivity index (χ3n) is 0.765. The largest absolute Gasteiger partial charge is 0.380 e. The van der Waals surface area contributed by atoms with Crippen molar-refractivity contribution in [3.63, 3.8) is 0 Å². The van der Waals surface area contributed by atoms with Gasteiger partial charge in [-0.1, -0.05) is 0 Å². The van der Waals surface area contributed by atoms with E-state index in [4.69, 9.17) is 4.74 Å². The molecule has 3 nitrogen and oxygen atoms in total. The predicted octanol–water partition coefficient (Wildman–Crippen LogP) is -0.0268. The highest BCUT2D eigenvalue weighted by molar-refractivity contribution is 5.72. The zero-order chi connectivity index (χ0) is 7.11. The Hall–Kier alpha value is -0.570. The molecule has 53 valence electrons. The van der Waals surface area contributed by atoms with Gasteiger partial charge in [-0.2, -0.15) is 0 Å². The fraction of sp³-hybridized carbons (Fsp3) is 0.667. The maximum atomic E-state index is 10.2. The summed E-state index contributed by atoms with van der Waals surface area (Å²) in [7, 11) is 0. The Bertz CT molecular complexity index is 83.1. The van der Waals surface area contributed by atoms with E-state index in [1.807, 2.05) is 0 Å². The van der Waals surface area contributed by atoms with Gasteiger partial charge in [0.15, 0.2) is 0 Å². The topological polar surface area (TPSA) is 38.3 Å². The first-order valence-electron chi connectivity index (χ1n) is 2.89. The zero-order valence-corrected chi connectivity index (χ0v) is 5.64. The Morgan fingerprint density at radius 2 is 2.44 bits per heavy atom. The van der Waals surface area contributed by atoms with Gasteiger partial charge in [0.2, 0.25) is 5.91 Å². The summed E-state index contributed by atoms with van der Waals surface area (Å²) in [6.07, 6.45) is 0. The van der Waals surface area contributed by atoms with E-state index in [2.05, 4.69) is 12.2 Å². The Kier molecular flexibility index (Phi) is 5.21. The molecule has 0 aromatic heterocycles. The standard InChI is InChI=1S/C6H12NO2/c1-3-9-5-4-7-6(2)8/h1,3-5H2,2H3,(H,7,8). The van der Waals surface area contributed by atoms with Crippen LogP contribution in [0.15, 0.2) is 0 Å². The molecule has 0 bridgehead atoms. The lowest BCUT2D eigenvalue weighted by atomic mass is 10.6. The average Bonchev–Trinajstić information content (AvgIpc) is 1.80. The van der Waals surface area contributed by atoms with Gasteiger partial charge in [0, 0.05) is 20.1 Å². The Labute approximate surface area is 55.4 Å². The molecule has 0 aliphatic rings. The van der Waals surface area contributed by atoms with Crippen molar-refractivity contribution < 1.29 is 9.53 Å². The Morgan fingerprint density at radius 3 is 2.89 bits per heavy atom. The minimum atomic E-state index is -0.0253. The lowest BCUT2D eigenvalue weighted by molar-refractivity contribution is -0.119. The van der Waals surface area contributed by atoms with Gasteiger partial charge in [-0.05, 0) is 6.92 Å². The van der Waals surface area contributed by atoms with E-state index in [1.165, 1.54) is 6.92 Å². The minimum Gasteiger partial charge on any atom is -0.380 e. The van der Waals surface area contributed by atoms with E-state index in [-0.39, 0.29) is 5.91 Å². The second kappa shape index (κ2) is 5.56. The highest BCUT2D eigenvalue weighted by atomic mass is 16.5. The van der Waals surface area contributed by atoms with E-state index >= 15 is 0 Å². The minimum absolute atomic E-state index is 0.0253. The summed E-state index contributed by atoms with van der Waals surface area (Å²) < 4.78 is 4.86. The van der Waals surface area contributed by atoms with Gasteiger partial charge in [0.05, 0.1) is 6.61 Å². The first kappa shape index (κ1) is 8.43. The van der Waals surface area contributed by atoms with Crippen molar-refractivity contribution in [3.8, 4) is 0 Å². The molecule has 0 rings (SSSR count). The van der Waals surface area contributed by atoms with Crippen molar-refractivity contribution in [2.24, 2.45) is 0 Å². The van der Waals surface area contributed by atoms with Crippen LogP contribution in [0, 0.1) is 6.92 Å². The molecule has 1 amide bonds. The van der Waals surface area contributed by atoms with Gasteiger partial charge >= 0.3 is 0 Å². The summed E-state index contributed by atoms with van der Waals surface area (Å²) in [6, 6.07) is 0. The van der Waals surface area contributed by atoms with Crippen LogP contribution in [0.25, 0.3) is 0 Å². The van der Waals surface area contributed by atoms with Gasteiger partial charge in [-0.25, -0.2) is 0 Å². The fourth-order valence-electron chi connectivity index (χ4n) is 0.401. The van der Waals surface area contributed by atoms with Crippen LogP contribution >= 0.6 is 0 Å². The maximum absolute atomic E-state index is 10.2. The lowest BCUT2D eigenvalue weighted by Gasteiger charge is -2.00. The monoisotopic (exact) mass is 130 g/mol. The second-order valence-corrected chi connectivity index (χ2v) is 1.60. The third kappa shape index (κ3) is 7.43. The highest BCUT2D eigenvalue weighted by Gasteiger charge is 1.87.